The van der Waals surface area contributed by atoms with E-state index in [0.717, 1.165) is 11.1 Å². The first-order valence-electron chi connectivity index (χ1n) is 7.09. The Morgan fingerprint density at radius 2 is 1.70 bits per heavy atom. The first-order valence-corrected chi connectivity index (χ1v) is 7.09. The predicted molar refractivity (Wildman–Crippen MR) is 87.5 cm³/mol. The van der Waals surface area contributed by atoms with Gasteiger partial charge in [0.05, 0.1) is 6.42 Å². The number of amides is 1. The average Bonchev–Trinajstić information content (AvgIpc) is 2.55. The lowest BCUT2D eigenvalue weighted by atomic mass is 10.0. The van der Waals surface area contributed by atoms with E-state index in [4.69, 9.17) is 6.42 Å². The summed E-state index contributed by atoms with van der Waals surface area (Å²) in [5.41, 5.74) is 2.10. The van der Waals surface area contributed by atoms with Crippen LogP contribution in [0, 0.1) is 18.2 Å². The van der Waals surface area contributed by atoms with Gasteiger partial charge in [0.15, 0.2) is 0 Å². The topological polar surface area (TPSA) is 37.4 Å². The van der Waals surface area contributed by atoms with Gasteiger partial charge < -0.3 is 4.90 Å². The van der Waals surface area contributed by atoms with E-state index in [0.29, 0.717) is 5.69 Å². The van der Waals surface area contributed by atoms with Crippen LogP contribution in [-0.2, 0) is 16.0 Å². The van der Waals surface area contributed by atoms with Crippen molar-refractivity contribution in [2.45, 2.75) is 12.8 Å². The summed E-state index contributed by atoms with van der Waals surface area (Å²) in [5, 5.41) is 0. The molecule has 4 heteroatoms. The number of halogens is 1. The van der Waals surface area contributed by atoms with E-state index >= 15 is 0 Å². The zero-order chi connectivity index (χ0) is 16.8. The van der Waals surface area contributed by atoms with E-state index in [1.807, 2.05) is 0 Å². The Morgan fingerprint density at radius 3 is 2.26 bits per heavy atom. The highest BCUT2D eigenvalue weighted by Gasteiger charge is 2.15. The van der Waals surface area contributed by atoms with E-state index in [9.17, 15) is 14.0 Å². The molecule has 0 spiro atoms. The van der Waals surface area contributed by atoms with Crippen LogP contribution in [0.4, 0.5) is 10.1 Å². The number of ketones is 1. The summed E-state index contributed by atoms with van der Waals surface area (Å²) >= 11 is 0. The summed E-state index contributed by atoms with van der Waals surface area (Å²) in [6, 6.07) is 12.6. The molecule has 3 nitrogen and oxygen atoms in total. The summed E-state index contributed by atoms with van der Waals surface area (Å²) in [4.78, 5) is 25.5. The van der Waals surface area contributed by atoms with Crippen LogP contribution in [0.2, 0.25) is 0 Å². The molecule has 1 amide bonds. The average molecular weight is 309 g/mol. The van der Waals surface area contributed by atoms with Gasteiger partial charge in [-0.1, -0.05) is 18.1 Å². The first-order chi connectivity index (χ1) is 11.0. The van der Waals surface area contributed by atoms with Crippen molar-refractivity contribution >= 4 is 17.4 Å². The van der Waals surface area contributed by atoms with Crippen molar-refractivity contribution in [1.82, 2.24) is 0 Å². The molecule has 0 atom stereocenters. The molecule has 2 rings (SSSR count). The van der Waals surface area contributed by atoms with Gasteiger partial charge in [-0.3, -0.25) is 9.59 Å². The summed E-state index contributed by atoms with van der Waals surface area (Å²) < 4.78 is 12.9. The molecule has 2 aromatic carbocycles. The maximum atomic E-state index is 12.9. The number of rotatable bonds is 5. The minimum Gasteiger partial charge on any atom is -0.315 e. The lowest BCUT2D eigenvalue weighted by Crippen LogP contribution is -2.28. The smallest absolute Gasteiger partial charge is 0.234 e. The molecule has 0 saturated heterocycles. The maximum absolute atomic E-state index is 12.9. The van der Waals surface area contributed by atoms with Gasteiger partial charge in [0, 0.05) is 24.7 Å². The highest BCUT2D eigenvalue weighted by molar-refractivity contribution is 6.05. The molecular weight excluding hydrogens is 293 g/mol. The van der Waals surface area contributed by atoms with Crippen LogP contribution in [-0.4, -0.2) is 18.7 Å². The van der Waals surface area contributed by atoms with E-state index in [-0.39, 0.29) is 30.3 Å². The molecule has 0 aromatic heterocycles. The van der Waals surface area contributed by atoms with Gasteiger partial charge in [0.1, 0.15) is 11.6 Å². The maximum Gasteiger partial charge on any atom is 0.234 e. The number of carbonyl (C=O) groups excluding carboxylic acids is 2. The molecule has 116 valence electrons. The van der Waals surface area contributed by atoms with Gasteiger partial charge >= 0.3 is 0 Å². The Bertz CT molecular complexity index is 742. The number of terminal acetylenes is 1. The van der Waals surface area contributed by atoms with Crippen molar-refractivity contribution in [2.24, 2.45) is 0 Å². The number of carbonyl (C=O) groups is 2. The number of hydrogen-bond donors (Lipinski definition) is 0. The van der Waals surface area contributed by atoms with E-state index < -0.39 is 0 Å². The fourth-order valence-electron chi connectivity index (χ4n) is 2.10. The fourth-order valence-corrected chi connectivity index (χ4v) is 2.10. The zero-order valence-electron chi connectivity index (χ0n) is 12.8. The van der Waals surface area contributed by atoms with Crippen molar-refractivity contribution in [3.63, 3.8) is 0 Å². The minimum absolute atomic E-state index is 0.174. The monoisotopic (exact) mass is 309 g/mol. The third kappa shape index (κ3) is 4.52. The largest absolute Gasteiger partial charge is 0.315 e. The third-order valence-corrected chi connectivity index (χ3v) is 3.46. The van der Waals surface area contributed by atoms with Crippen LogP contribution < -0.4 is 4.90 Å². The quantitative estimate of drug-likeness (QED) is 0.629. The number of benzene rings is 2. The molecular formula is C19H16FNO2. The lowest BCUT2D eigenvalue weighted by Gasteiger charge is -2.16. The highest BCUT2D eigenvalue weighted by atomic mass is 19.1. The molecule has 23 heavy (non-hydrogen) atoms. The molecule has 0 N–H and O–H groups in total. The standard InChI is InChI=1S/C19H16FNO2/c1-3-14-4-6-15(7-5-14)12-18(22)13-19(23)21(2)17-10-8-16(20)9-11-17/h1,4-11H,12-13H2,2H3. The summed E-state index contributed by atoms with van der Waals surface area (Å²) in [6.07, 6.45) is 5.25. The van der Waals surface area contributed by atoms with Crippen molar-refractivity contribution < 1.29 is 14.0 Å². The molecule has 0 aliphatic heterocycles. The van der Waals surface area contributed by atoms with Crippen LogP contribution in [0.25, 0.3) is 0 Å². The second-order valence-electron chi connectivity index (χ2n) is 5.16. The SMILES string of the molecule is C#Cc1ccc(CC(=O)CC(=O)N(C)c2ccc(F)cc2)cc1. The second kappa shape index (κ2) is 7.37. The molecule has 0 bridgehead atoms. The third-order valence-electron chi connectivity index (χ3n) is 3.46. The highest BCUT2D eigenvalue weighted by Crippen LogP contribution is 2.14. The normalized spacial score (nSPS) is 9.96. The molecule has 0 fully saturated rings. The van der Waals surface area contributed by atoms with Gasteiger partial charge in [0.2, 0.25) is 5.91 Å². The van der Waals surface area contributed by atoms with Gasteiger partial charge in [0.25, 0.3) is 0 Å². The Morgan fingerprint density at radius 1 is 1.09 bits per heavy atom. The van der Waals surface area contributed by atoms with Crippen molar-refractivity contribution in [3.05, 3.63) is 65.5 Å². The van der Waals surface area contributed by atoms with Gasteiger partial charge in [-0.2, -0.15) is 0 Å². The summed E-state index contributed by atoms with van der Waals surface area (Å²) in [5.74, 6) is 1.62. The summed E-state index contributed by atoms with van der Waals surface area (Å²) in [7, 11) is 1.56. The molecule has 0 saturated carbocycles. The van der Waals surface area contributed by atoms with Crippen LogP contribution in [0.5, 0.6) is 0 Å². The number of anilines is 1. The Kier molecular flexibility index (Phi) is 5.27. The predicted octanol–water partition coefficient (Wildman–Crippen LogP) is 2.97. The fraction of sp³-hybridized carbons (Fsp3) is 0.158. The Hall–Kier alpha value is -2.93. The van der Waals surface area contributed by atoms with Crippen molar-refractivity contribution in [2.75, 3.05) is 11.9 Å². The van der Waals surface area contributed by atoms with Crippen LogP contribution in [0.1, 0.15) is 17.5 Å². The molecule has 0 radical (unpaired) electrons. The van der Waals surface area contributed by atoms with Crippen LogP contribution in [0.15, 0.2) is 48.5 Å². The van der Waals surface area contributed by atoms with Crippen LogP contribution >= 0.6 is 0 Å². The number of hydrogen-bond acceptors (Lipinski definition) is 2. The van der Waals surface area contributed by atoms with E-state index in [1.165, 1.54) is 29.2 Å². The first kappa shape index (κ1) is 16.4. The molecule has 0 aliphatic rings. The molecule has 0 unspecified atom stereocenters. The van der Waals surface area contributed by atoms with Crippen molar-refractivity contribution in [1.29, 1.82) is 0 Å². The van der Waals surface area contributed by atoms with Crippen molar-refractivity contribution in [3.8, 4) is 12.3 Å². The van der Waals surface area contributed by atoms with E-state index in [1.54, 1.807) is 31.3 Å². The van der Waals surface area contributed by atoms with E-state index in [2.05, 4.69) is 5.92 Å². The minimum atomic E-state index is -0.374. The second-order valence-corrected chi connectivity index (χ2v) is 5.16. The molecule has 0 aliphatic carbocycles. The lowest BCUT2D eigenvalue weighted by molar-refractivity contribution is -0.126. The van der Waals surface area contributed by atoms with Gasteiger partial charge in [-0.15, -0.1) is 6.42 Å². The van der Waals surface area contributed by atoms with Gasteiger partial charge in [-0.25, -0.2) is 4.39 Å². The molecule has 2 aromatic rings. The van der Waals surface area contributed by atoms with Gasteiger partial charge in [-0.05, 0) is 42.0 Å². The Labute approximate surface area is 134 Å². The number of nitrogens with zero attached hydrogens (tertiary/aromatic N) is 1. The summed E-state index contributed by atoms with van der Waals surface area (Å²) in [6.45, 7) is 0. The zero-order valence-corrected chi connectivity index (χ0v) is 12.8. The molecule has 0 heterocycles. The Balaban J connectivity index is 1.94. The van der Waals surface area contributed by atoms with Crippen LogP contribution in [0.3, 0.4) is 0 Å². The number of Topliss-reactive ketones (excluding diaryl/α,β-unsaturated/α-hetero) is 1.